The zero-order chi connectivity index (χ0) is 33.9. The zero-order valence-electron chi connectivity index (χ0n) is 27.8. The summed E-state index contributed by atoms with van der Waals surface area (Å²) >= 11 is 0. The minimum Gasteiger partial charge on any atom is -0.494 e. The number of barbiturate groups is 1. The number of rotatable bonds is 8. The van der Waals surface area contributed by atoms with Crippen molar-refractivity contribution >= 4 is 29.5 Å². The first-order valence-corrected chi connectivity index (χ1v) is 18.3. The quantitative estimate of drug-likeness (QED) is 0.309. The van der Waals surface area contributed by atoms with Crippen molar-refractivity contribution in [1.29, 1.82) is 0 Å². The van der Waals surface area contributed by atoms with E-state index in [1.54, 1.807) is 0 Å². The van der Waals surface area contributed by atoms with E-state index in [4.69, 9.17) is 0 Å². The maximum atomic E-state index is 13.8. The van der Waals surface area contributed by atoms with E-state index in [9.17, 15) is 38.7 Å². The summed E-state index contributed by atoms with van der Waals surface area (Å²) in [6.45, 7) is -0.771. The van der Waals surface area contributed by atoms with Crippen LogP contribution in [0.25, 0.3) is 0 Å². The molecular formula is C35H49N5O8. The molecule has 5 amide bonds. The SMILES string of the molecule is O=C(CNC(=O)C1C(=O)N(C2CCCCC2)C(=O)N(C2CCCCC2)C1=O)c1c(O)n(C2CCCCC2)c(=O)n(C2CCCCC2)c1=O. The number of ketones is 1. The summed E-state index contributed by atoms with van der Waals surface area (Å²) in [5, 5.41) is 13.7. The molecule has 13 heteroatoms. The summed E-state index contributed by atoms with van der Waals surface area (Å²) in [6.07, 6.45) is 15.5. The van der Waals surface area contributed by atoms with E-state index in [-0.39, 0.29) is 6.04 Å². The maximum Gasteiger partial charge on any atom is 0.334 e. The lowest BCUT2D eigenvalue weighted by Gasteiger charge is -2.44. The highest BCUT2D eigenvalue weighted by Gasteiger charge is 2.53. The topological polar surface area (TPSA) is 168 Å². The number of carbonyl (C=O) groups excluding carboxylic acids is 5. The lowest BCUT2D eigenvalue weighted by Crippen LogP contribution is -2.67. The second-order valence-electron chi connectivity index (χ2n) is 14.5. The molecule has 0 bridgehead atoms. The Hall–Kier alpha value is -3.77. The third-order valence-electron chi connectivity index (χ3n) is 11.4. The monoisotopic (exact) mass is 667 g/mol. The van der Waals surface area contributed by atoms with Gasteiger partial charge in [0.05, 0.1) is 6.54 Å². The van der Waals surface area contributed by atoms with E-state index < -0.39 is 82.8 Å². The molecule has 5 fully saturated rings. The Morgan fingerprint density at radius 3 is 1.42 bits per heavy atom. The fourth-order valence-electron chi connectivity index (χ4n) is 8.82. The minimum absolute atomic E-state index is 0.366. The molecule has 0 radical (unpaired) electrons. The number of Topliss-reactive ketones (excluding diaryl/α,β-unsaturated/α-hetero) is 1. The molecule has 2 N–H and O–H groups in total. The minimum atomic E-state index is -1.84. The molecule has 262 valence electrons. The van der Waals surface area contributed by atoms with E-state index in [1.165, 1.54) is 4.57 Å². The smallest absolute Gasteiger partial charge is 0.334 e. The van der Waals surface area contributed by atoms with Gasteiger partial charge in [-0.15, -0.1) is 0 Å². The van der Waals surface area contributed by atoms with Gasteiger partial charge in [0.1, 0.15) is 5.56 Å². The average Bonchev–Trinajstić information content (AvgIpc) is 3.09. The summed E-state index contributed by atoms with van der Waals surface area (Å²) in [5.74, 6) is -6.27. The van der Waals surface area contributed by atoms with Gasteiger partial charge in [-0.2, -0.15) is 0 Å². The number of aromatic hydroxyl groups is 1. The van der Waals surface area contributed by atoms with Crippen molar-refractivity contribution in [2.24, 2.45) is 5.92 Å². The third-order valence-corrected chi connectivity index (χ3v) is 11.4. The van der Waals surface area contributed by atoms with Crippen LogP contribution in [0.2, 0.25) is 0 Å². The Morgan fingerprint density at radius 1 is 0.583 bits per heavy atom. The van der Waals surface area contributed by atoms with Gasteiger partial charge in [-0.3, -0.25) is 42.9 Å². The van der Waals surface area contributed by atoms with Crippen LogP contribution >= 0.6 is 0 Å². The van der Waals surface area contributed by atoms with Gasteiger partial charge in [-0.05, 0) is 51.4 Å². The second-order valence-corrected chi connectivity index (χ2v) is 14.5. The molecule has 1 aromatic rings. The van der Waals surface area contributed by atoms with Crippen molar-refractivity contribution in [1.82, 2.24) is 24.3 Å². The van der Waals surface area contributed by atoms with E-state index >= 15 is 0 Å². The van der Waals surface area contributed by atoms with Crippen LogP contribution in [-0.2, 0) is 14.4 Å². The molecule has 0 aromatic carbocycles. The predicted molar refractivity (Wildman–Crippen MR) is 175 cm³/mol. The molecule has 1 aliphatic heterocycles. The summed E-state index contributed by atoms with van der Waals surface area (Å²) in [5.41, 5.74) is -2.08. The molecule has 0 spiro atoms. The van der Waals surface area contributed by atoms with Crippen molar-refractivity contribution < 1.29 is 29.1 Å². The first kappa shape index (κ1) is 34.1. The normalized spacial score (nSPS) is 23.1. The predicted octanol–water partition coefficient (Wildman–Crippen LogP) is 4.10. The number of nitrogens with zero attached hydrogens (tertiary/aromatic N) is 4. The second kappa shape index (κ2) is 14.8. The lowest BCUT2D eigenvalue weighted by atomic mass is 9.89. The number of aromatic nitrogens is 2. The number of carbonyl (C=O) groups is 5. The molecule has 6 rings (SSSR count). The highest BCUT2D eigenvalue weighted by Crippen LogP contribution is 2.34. The van der Waals surface area contributed by atoms with Gasteiger partial charge in [0, 0.05) is 24.2 Å². The maximum absolute atomic E-state index is 13.8. The van der Waals surface area contributed by atoms with Crippen molar-refractivity contribution in [3.8, 4) is 5.88 Å². The Labute approximate surface area is 280 Å². The Bertz CT molecular complexity index is 1500. The molecule has 48 heavy (non-hydrogen) atoms. The van der Waals surface area contributed by atoms with Gasteiger partial charge < -0.3 is 10.4 Å². The largest absolute Gasteiger partial charge is 0.494 e. The number of urea groups is 1. The van der Waals surface area contributed by atoms with Crippen LogP contribution in [0.4, 0.5) is 4.79 Å². The van der Waals surface area contributed by atoms with E-state index in [0.717, 1.165) is 91.4 Å². The van der Waals surface area contributed by atoms with Crippen LogP contribution in [0.15, 0.2) is 9.59 Å². The third kappa shape index (κ3) is 6.48. The summed E-state index contributed by atoms with van der Waals surface area (Å²) in [7, 11) is 0. The molecular weight excluding hydrogens is 618 g/mol. The fourth-order valence-corrected chi connectivity index (χ4v) is 8.82. The van der Waals surface area contributed by atoms with Gasteiger partial charge in [0.15, 0.2) is 11.7 Å². The van der Waals surface area contributed by atoms with Crippen LogP contribution in [0.1, 0.15) is 151 Å². The van der Waals surface area contributed by atoms with Gasteiger partial charge in [-0.1, -0.05) is 77.0 Å². The van der Waals surface area contributed by atoms with E-state index in [0.29, 0.717) is 51.4 Å². The molecule has 1 saturated heterocycles. The first-order valence-electron chi connectivity index (χ1n) is 18.3. The Morgan fingerprint density at radius 2 is 0.979 bits per heavy atom. The number of hydrogen-bond donors (Lipinski definition) is 2. The molecule has 2 heterocycles. The summed E-state index contributed by atoms with van der Waals surface area (Å²) in [6, 6.07) is -2.25. The van der Waals surface area contributed by atoms with Crippen molar-refractivity contribution in [2.75, 3.05) is 6.54 Å². The van der Waals surface area contributed by atoms with Gasteiger partial charge in [0.2, 0.25) is 11.8 Å². The van der Waals surface area contributed by atoms with Crippen molar-refractivity contribution in [2.45, 2.75) is 153 Å². The van der Waals surface area contributed by atoms with Crippen LogP contribution in [0.3, 0.4) is 0 Å². The highest BCUT2D eigenvalue weighted by molar-refractivity contribution is 6.26. The Kier molecular flexibility index (Phi) is 10.5. The highest BCUT2D eigenvalue weighted by atomic mass is 16.3. The summed E-state index contributed by atoms with van der Waals surface area (Å²) in [4.78, 5) is 98.5. The Balaban J connectivity index is 1.28. The number of imide groups is 2. The number of amides is 5. The molecule has 0 unspecified atom stereocenters. The average molecular weight is 668 g/mol. The molecule has 4 saturated carbocycles. The molecule has 0 atom stereocenters. The van der Waals surface area contributed by atoms with Crippen molar-refractivity contribution in [3.05, 3.63) is 26.4 Å². The fraction of sp³-hybridized carbons (Fsp3) is 0.743. The number of hydrogen-bond acceptors (Lipinski definition) is 8. The summed E-state index contributed by atoms with van der Waals surface area (Å²) < 4.78 is 2.31. The van der Waals surface area contributed by atoms with E-state index in [2.05, 4.69) is 5.32 Å². The van der Waals surface area contributed by atoms with E-state index in [1.807, 2.05) is 0 Å². The number of nitrogens with one attached hydrogen (secondary N) is 1. The molecule has 4 aliphatic carbocycles. The first-order chi connectivity index (χ1) is 23.2. The molecule has 13 nitrogen and oxygen atoms in total. The van der Waals surface area contributed by atoms with Crippen molar-refractivity contribution in [3.63, 3.8) is 0 Å². The van der Waals surface area contributed by atoms with Gasteiger partial charge in [-0.25, -0.2) is 9.59 Å². The van der Waals surface area contributed by atoms with Crippen LogP contribution < -0.4 is 16.6 Å². The molecule has 1 aromatic heterocycles. The standard InChI is InChI=1S/C35H49N5O8/c41-26(27-30(43)37(22-13-5-1-6-14-22)34(47)38(31(27)44)23-15-7-2-8-16-23)21-36-29(42)28-32(45)39(24-17-9-3-10-18-24)35(48)40(33(28)46)25-19-11-4-12-20-25/h22-25,28,43H,1-21H2,(H,36,42). The van der Waals surface area contributed by atoms with Crippen LogP contribution in [0, 0.1) is 5.92 Å². The molecule has 5 aliphatic rings. The van der Waals surface area contributed by atoms with Crippen LogP contribution in [-0.4, -0.2) is 72.2 Å². The van der Waals surface area contributed by atoms with Crippen LogP contribution in [0.5, 0.6) is 5.88 Å². The zero-order valence-corrected chi connectivity index (χ0v) is 27.8. The van der Waals surface area contributed by atoms with Gasteiger partial charge in [0.25, 0.3) is 17.4 Å². The van der Waals surface area contributed by atoms with Gasteiger partial charge >= 0.3 is 11.7 Å². The lowest BCUT2D eigenvalue weighted by molar-refractivity contribution is -0.157.